The second kappa shape index (κ2) is 6.65. The summed E-state index contributed by atoms with van der Waals surface area (Å²) in [5, 5.41) is 5.94. The van der Waals surface area contributed by atoms with Crippen LogP contribution < -0.4 is 10.6 Å². The Balaban J connectivity index is 1.83. The number of allylic oxidation sites excluding steroid dienone is 2. The zero-order valence-corrected chi connectivity index (χ0v) is 12.4. The number of amides is 1. The highest BCUT2D eigenvalue weighted by atomic mass is 32.2. The molecule has 6 heteroatoms. The molecule has 1 unspecified atom stereocenters. The first-order chi connectivity index (χ1) is 9.61. The molecule has 2 heterocycles. The molecule has 0 saturated carbocycles. The van der Waals surface area contributed by atoms with Crippen LogP contribution in [-0.2, 0) is 14.3 Å². The average Bonchev–Trinajstić information content (AvgIpc) is 2.84. The van der Waals surface area contributed by atoms with E-state index in [0.29, 0.717) is 18.1 Å². The lowest BCUT2D eigenvalue weighted by Gasteiger charge is -2.16. The molecule has 2 N–H and O–H groups in total. The van der Waals surface area contributed by atoms with Crippen LogP contribution in [0.2, 0.25) is 0 Å². The second-order valence-corrected chi connectivity index (χ2v) is 5.55. The Morgan fingerprint density at radius 3 is 3.00 bits per heavy atom. The van der Waals surface area contributed by atoms with Gasteiger partial charge in [0.25, 0.3) is 5.91 Å². The van der Waals surface area contributed by atoms with Crippen molar-refractivity contribution in [2.75, 3.05) is 13.2 Å². The quantitative estimate of drug-likeness (QED) is 0.751. The molecule has 1 amide bonds. The van der Waals surface area contributed by atoms with Gasteiger partial charge in [-0.1, -0.05) is 11.8 Å². The van der Waals surface area contributed by atoms with Crippen LogP contribution in [0, 0.1) is 0 Å². The highest BCUT2D eigenvalue weighted by molar-refractivity contribution is 8.08. The number of fused-ring (bicyclic) bond motifs is 1. The Bertz CT molecular complexity index is 509. The highest BCUT2D eigenvalue weighted by Crippen LogP contribution is 2.39. The first kappa shape index (κ1) is 14.7. The van der Waals surface area contributed by atoms with E-state index in [1.165, 1.54) is 17.3 Å². The zero-order chi connectivity index (χ0) is 14.5. The topological polar surface area (TPSA) is 67.4 Å². The van der Waals surface area contributed by atoms with Crippen LogP contribution in [0.15, 0.2) is 33.7 Å². The van der Waals surface area contributed by atoms with Crippen molar-refractivity contribution in [2.24, 2.45) is 0 Å². The van der Waals surface area contributed by atoms with E-state index in [9.17, 15) is 9.59 Å². The first-order valence-electron chi connectivity index (χ1n) is 6.58. The highest BCUT2D eigenvalue weighted by Gasteiger charge is 2.28. The van der Waals surface area contributed by atoms with Gasteiger partial charge in [-0.25, -0.2) is 0 Å². The van der Waals surface area contributed by atoms with E-state index in [2.05, 4.69) is 10.6 Å². The van der Waals surface area contributed by atoms with E-state index in [-0.39, 0.29) is 24.3 Å². The molecular weight excluding hydrogens is 276 g/mol. The van der Waals surface area contributed by atoms with Crippen LogP contribution in [0.3, 0.4) is 0 Å². The Morgan fingerprint density at radius 2 is 2.30 bits per heavy atom. The van der Waals surface area contributed by atoms with Crippen LogP contribution >= 0.6 is 11.8 Å². The van der Waals surface area contributed by atoms with Crippen molar-refractivity contribution in [1.82, 2.24) is 10.6 Å². The molecule has 1 atom stereocenters. The Morgan fingerprint density at radius 1 is 1.50 bits per heavy atom. The third-order valence-electron chi connectivity index (χ3n) is 2.96. The minimum Gasteiger partial charge on any atom is -0.466 e. The molecule has 2 aliphatic rings. The predicted octanol–water partition coefficient (Wildman–Crippen LogP) is 1.45. The summed E-state index contributed by atoms with van der Waals surface area (Å²) in [4.78, 5) is 25.0. The van der Waals surface area contributed by atoms with Crippen molar-refractivity contribution >= 4 is 23.6 Å². The monoisotopic (exact) mass is 294 g/mol. The lowest BCUT2D eigenvalue weighted by Crippen LogP contribution is -2.27. The van der Waals surface area contributed by atoms with E-state index < -0.39 is 0 Å². The maximum atomic E-state index is 12.0. The first-order valence-corrected chi connectivity index (χ1v) is 7.40. The molecule has 0 aromatic rings. The van der Waals surface area contributed by atoms with E-state index in [1.54, 1.807) is 6.92 Å². The van der Waals surface area contributed by atoms with Gasteiger partial charge in [0.1, 0.15) is 0 Å². The van der Waals surface area contributed by atoms with Crippen molar-refractivity contribution in [3.05, 3.63) is 33.7 Å². The number of hydrogen-bond donors (Lipinski definition) is 2. The molecule has 2 rings (SSSR count). The number of carbonyl (C=O) groups excluding carboxylic acids is 2. The summed E-state index contributed by atoms with van der Waals surface area (Å²) in [5.74, 6) is -0.435. The number of nitrogens with one attached hydrogen (secondary N) is 2. The fourth-order valence-corrected chi connectivity index (χ4v) is 3.07. The fourth-order valence-electron chi connectivity index (χ4n) is 1.97. The number of hydrogen-bond acceptors (Lipinski definition) is 5. The van der Waals surface area contributed by atoms with Crippen molar-refractivity contribution in [3.8, 4) is 0 Å². The molecule has 0 spiro atoms. The van der Waals surface area contributed by atoms with Gasteiger partial charge < -0.3 is 15.4 Å². The smallest absolute Gasteiger partial charge is 0.307 e. The minimum absolute atomic E-state index is 0.0933. The summed E-state index contributed by atoms with van der Waals surface area (Å²) in [6.45, 7) is 4.45. The molecule has 0 fully saturated rings. The second-order valence-electron chi connectivity index (χ2n) is 4.47. The molecule has 0 saturated heterocycles. The summed E-state index contributed by atoms with van der Waals surface area (Å²) in [6, 6.07) is 0.0933. The molecule has 0 aliphatic carbocycles. The molecule has 20 heavy (non-hydrogen) atoms. The van der Waals surface area contributed by atoms with E-state index in [1.807, 2.05) is 25.3 Å². The molecule has 0 bridgehead atoms. The molecule has 0 aromatic heterocycles. The van der Waals surface area contributed by atoms with Crippen molar-refractivity contribution in [2.45, 2.75) is 26.3 Å². The maximum absolute atomic E-state index is 12.0. The number of esters is 1. The normalized spacial score (nSPS) is 20.1. The van der Waals surface area contributed by atoms with Gasteiger partial charge in [-0.2, -0.15) is 0 Å². The predicted molar refractivity (Wildman–Crippen MR) is 78.7 cm³/mol. The van der Waals surface area contributed by atoms with Gasteiger partial charge in [0, 0.05) is 11.4 Å². The van der Waals surface area contributed by atoms with Crippen LogP contribution in [0.1, 0.15) is 20.3 Å². The number of rotatable bonds is 5. The van der Waals surface area contributed by atoms with Crippen molar-refractivity contribution < 1.29 is 14.3 Å². The maximum Gasteiger partial charge on any atom is 0.307 e. The van der Waals surface area contributed by atoms with Crippen molar-refractivity contribution in [1.29, 1.82) is 0 Å². The fraction of sp³-hybridized carbons (Fsp3) is 0.429. The minimum atomic E-state index is -0.293. The lowest BCUT2D eigenvalue weighted by atomic mass is 10.1. The zero-order valence-electron chi connectivity index (χ0n) is 11.6. The largest absolute Gasteiger partial charge is 0.466 e. The third kappa shape index (κ3) is 3.45. The van der Waals surface area contributed by atoms with Gasteiger partial charge in [-0.3, -0.25) is 9.59 Å². The molecular formula is C14H18N2O3S. The number of dihydropyridines is 1. The van der Waals surface area contributed by atoms with Crippen molar-refractivity contribution in [3.63, 3.8) is 0 Å². The van der Waals surface area contributed by atoms with Gasteiger partial charge >= 0.3 is 5.97 Å². The Hall–Kier alpha value is -1.69. The lowest BCUT2D eigenvalue weighted by molar-refractivity contribution is -0.142. The van der Waals surface area contributed by atoms with E-state index in [0.717, 1.165) is 4.91 Å². The number of ether oxygens (including phenoxy) is 1. The molecule has 0 aromatic carbocycles. The summed E-state index contributed by atoms with van der Waals surface area (Å²) >= 11 is 1.48. The summed E-state index contributed by atoms with van der Waals surface area (Å²) in [5.41, 5.74) is 1.17. The molecule has 5 nitrogen and oxygen atoms in total. The van der Waals surface area contributed by atoms with E-state index in [4.69, 9.17) is 4.74 Å². The van der Waals surface area contributed by atoms with Gasteiger partial charge in [0.15, 0.2) is 0 Å². The Kier molecular flexibility index (Phi) is 4.89. The third-order valence-corrected chi connectivity index (χ3v) is 4.30. The Labute approximate surface area is 122 Å². The standard InChI is InChI=1S/C14H18N2O3S/c1-3-19-12(17)5-7-16-14(18)11-8-10-13(20-11)9(2)4-6-15-10/h4,6,8,10,15H,3,5,7H2,1-2H3,(H,16,18). The summed E-state index contributed by atoms with van der Waals surface area (Å²) < 4.78 is 4.80. The van der Waals surface area contributed by atoms with Crippen LogP contribution in [0.5, 0.6) is 0 Å². The number of carbonyl (C=O) groups is 2. The summed E-state index contributed by atoms with van der Waals surface area (Å²) in [6.07, 6.45) is 5.99. The van der Waals surface area contributed by atoms with Gasteiger partial charge in [-0.05, 0) is 37.8 Å². The summed E-state index contributed by atoms with van der Waals surface area (Å²) in [7, 11) is 0. The van der Waals surface area contributed by atoms with Crippen LogP contribution in [0.4, 0.5) is 0 Å². The van der Waals surface area contributed by atoms with Gasteiger partial charge in [0.05, 0.1) is 24.0 Å². The molecule has 108 valence electrons. The SMILES string of the molecule is CCOC(=O)CCNC(=O)C1=CC2NC=CC(C)=C2S1. The van der Waals surface area contributed by atoms with Crippen LogP contribution in [-0.4, -0.2) is 31.1 Å². The number of thioether (sulfide) groups is 1. The van der Waals surface area contributed by atoms with Gasteiger partial charge in [0.2, 0.25) is 0 Å². The van der Waals surface area contributed by atoms with E-state index >= 15 is 0 Å². The van der Waals surface area contributed by atoms with Gasteiger partial charge in [-0.15, -0.1) is 0 Å². The average molecular weight is 294 g/mol. The van der Waals surface area contributed by atoms with Crippen LogP contribution in [0.25, 0.3) is 0 Å². The molecule has 2 aliphatic heterocycles. The molecule has 0 radical (unpaired) electrons.